The van der Waals surface area contributed by atoms with Crippen LogP contribution in [0.25, 0.3) is 0 Å². The molecule has 2 amide bonds. The van der Waals surface area contributed by atoms with Crippen molar-refractivity contribution in [1.29, 1.82) is 0 Å². The van der Waals surface area contributed by atoms with Crippen molar-refractivity contribution in [3.05, 3.63) is 17.5 Å². The molecule has 0 aromatic carbocycles. The molecule has 1 aromatic rings. The van der Waals surface area contributed by atoms with E-state index >= 15 is 0 Å². The van der Waals surface area contributed by atoms with E-state index in [4.69, 9.17) is 4.74 Å². The number of amides is 2. The molecule has 4 heterocycles. The van der Waals surface area contributed by atoms with E-state index in [0.29, 0.717) is 50.5 Å². The summed E-state index contributed by atoms with van der Waals surface area (Å²) in [7, 11) is 0. The van der Waals surface area contributed by atoms with Gasteiger partial charge >= 0.3 is 0 Å². The van der Waals surface area contributed by atoms with Crippen molar-refractivity contribution in [2.45, 2.75) is 77.0 Å². The van der Waals surface area contributed by atoms with Gasteiger partial charge in [-0.2, -0.15) is 13.9 Å². The van der Waals surface area contributed by atoms with Crippen LogP contribution < -0.4 is 10.2 Å². The molecule has 3 aliphatic rings. The number of anilines is 1. The van der Waals surface area contributed by atoms with Gasteiger partial charge in [0.2, 0.25) is 11.8 Å². The summed E-state index contributed by atoms with van der Waals surface area (Å²) >= 11 is 0. The Balaban J connectivity index is 1.54. The first-order valence-corrected chi connectivity index (χ1v) is 12.8. The normalized spacial score (nSPS) is 26.9. The van der Waals surface area contributed by atoms with E-state index in [1.54, 1.807) is 16.7 Å². The molecule has 3 atom stereocenters. The largest absolute Gasteiger partial charge is 0.367 e. The molecule has 1 N–H and O–H groups in total. The summed E-state index contributed by atoms with van der Waals surface area (Å²) < 4.78 is 34.7. The Morgan fingerprint density at radius 2 is 2.03 bits per heavy atom. The first kappa shape index (κ1) is 26.8. The minimum Gasteiger partial charge on any atom is -0.367 e. The quantitative estimate of drug-likeness (QED) is 0.602. The third-order valence-corrected chi connectivity index (χ3v) is 7.32. The Morgan fingerprint density at radius 3 is 2.75 bits per heavy atom. The highest BCUT2D eigenvalue weighted by molar-refractivity contribution is 5.97. The lowest BCUT2D eigenvalue weighted by Gasteiger charge is -2.42. The number of halogens is 2. The van der Waals surface area contributed by atoms with Crippen LogP contribution in [0.1, 0.15) is 58.8 Å². The van der Waals surface area contributed by atoms with Crippen molar-refractivity contribution in [2.24, 2.45) is 0 Å². The zero-order chi connectivity index (χ0) is 26.3. The number of fused-ring (bicyclic) bond motifs is 1. The lowest BCUT2D eigenvalue weighted by molar-refractivity contribution is -0.149. The molecule has 2 fully saturated rings. The van der Waals surface area contributed by atoms with Crippen molar-refractivity contribution in [2.75, 3.05) is 50.8 Å². The molecule has 0 radical (unpaired) electrons. The van der Waals surface area contributed by atoms with Crippen LogP contribution in [0.4, 0.5) is 14.5 Å². The number of morpholine rings is 1. The second-order valence-electron chi connectivity index (χ2n) is 11.1. The van der Waals surface area contributed by atoms with Gasteiger partial charge in [-0.3, -0.25) is 14.5 Å². The first-order valence-electron chi connectivity index (χ1n) is 12.8. The van der Waals surface area contributed by atoms with Crippen LogP contribution in [0, 0.1) is 0 Å². The van der Waals surface area contributed by atoms with Crippen LogP contribution in [-0.4, -0.2) is 95.9 Å². The lowest BCUT2D eigenvalue weighted by Crippen LogP contribution is -2.62. The average Bonchev–Trinajstić information content (AvgIpc) is 3.08. The van der Waals surface area contributed by atoms with Gasteiger partial charge in [0, 0.05) is 56.6 Å². The molecule has 0 bridgehead atoms. The predicted octanol–water partition coefficient (Wildman–Crippen LogP) is 1.90. The number of carbonyl (C=O) groups excluding carboxylic acids is 2. The maximum absolute atomic E-state index is 14.6. The summed E-state index contributed by atoms with van der Waals surface area (Å²) in [6.07, 6.45) is -0.0399. The fourth-order valence-corrected chi connectivity index (χ4v) is 5.33. The molecule has 1 aromatic heterocycles. The van der Waals surface area contributed by atoms with Gasteiger partial charge in [0.05, 0.1) is 24.0 Å². The second-order valence-corrected chi connectivity index (χ2v) is 11.1. The Kier molecular flexibility index (Phi) is 7.64. The third-order valence-electron chi connectivity index (χ3n) is 7.32. The maximum Gasteiger partial charge on any atom is 0.291 e. The summed E-state index contributed by atoms with van der Waals surface area (Å²) in [5, 5.41) is 11.4. The molecule has 11 heteroatoms. The van der Waals surface area contributed by atoms with Gasteiger partial charge in [0.15, 0.2) is 0 Å². The number of nitrogens with one attached hydrogen (secondary N) is 1. The number of rotatable bonds is 7. The zero-order valence-corrected chi connectivity index (χ0v) is 21.9. The van der Waals surface area contributed by atoms with Gasteiger partial charge in [-0.05, 0) is 19.9 Å². The number of nitrogens with zero attached hydrogens (tertiary/aromatic N) is 5. The van der Waals surface area contributed by atoms with E-state index in [9.17, 15) is 18.4 Å². The van der Waals surface area contributed by atoms with Crippen LogP contribution in [0.5, 0.6) is 0 Å². The molecule has 4 rings (SSSR count). The summed E-state index contributed by atoms with van der Waals surface area (Å²) in [5.74, 6) is -3.31. The number of piperazine rings is 1. The minimum absolute atomic E-state index is 0.0299. The lowest BCUT2D eigenvalue weighted by atomic mass is 9.91. The Hall–Kier alpha value is -2.24. The first-order chi connectivity index (χ1) is 16.9. The van der Waals surface area contributed by atoms with Crippen LogP contribution in [0.15, 0.2) is 6.07 Å². The molecule has 0 saturated carbocycles. The monoisotopic (exact) mass is 508 g/mol. The molecular weight excluding hydrogens is 470 g/mol. The molecule has 200 valence electrons. The van der Waals surface area contributed by atoms with Gasteiger partial charge in [-0.15, -0.1) is 5.10 Å². The second kappa shape index (κ2) is 10.3. The smallest absolute Gasteiger partial charge is 0.291 e. The topological polar surface area (TPSA) is 90.9 Å². The van der Waals surface area contributed by atoms with Crippen LogP contribution in [0.3, 0.4) is 0 Å². The predicted molar refractivity (Wildman–Crippen MR) is 131 cm³/mol. The third kappa shape index (κ3) is 5.52. The van der Waals surface area contributed by atoms with Crippen molar-refractivity contribution in [3.8, 4) is 0 Å². The Bertz CT molecular complexity index is 991. The van der Waals surface area contributed by atoms with Gasteiger partial charge < -0.3 is 19.9 Å². The van der Waals surface area contributed by atoms with Crippen molar-refractivity contribution >= 4 is 17.5 Å². The zero-order valence-electron chi connectivity index (χ0n) is 21.9. The van der Waals surface area contributed by atoms with E-state index in [2.05, 4.69) is 27.3 Å². The summed E-state index contributed by atoms with van der Waals surface area (Å²) in [4.78, 5) is 31.5. The summed E-state index contributed by atoms with van der Waals surface area (Å²) in [5.41, 5.74) is 0.0863. The maximum atomic E-state index is 14.6. The van der Waals surface area contributed by atoms with Gasteiger partial charge in [-0.25, -0.2) is 0 Å². The molecule has 0 aliphatic carbocycles. The van der Waals surface area contributed by atoms with Gasteiger partial charge in [-0.1, -0.05) is 27.2 Å². The Labute approximate surface area is 211 Å². The molecular formula is C25H38F2N6O3. The van der Waals surface area contributed by atoms with Gasteiger partial charge in [0.1, 0.15) is 12.3 Å². The highest BCUT2D eigenvalue weighted by Crippen LogP contribution is 2.41. The molecule has 0 spiro atoms. The standard InChI is InChI=1S/C25H38F2N6O3/c1-6-7-25(26,27)20-8-19-23(30-29-20)24(4,5)15-33(19)21(34)13-31-10-16(2)28-9-18(31)12-32-11-17(3)36-14-22(32)35/h8,16-18,28H,6-7,9-15H2,1-5H3. The van der Waals surface area contributed by atoms with Crippen LogP contribution in [-0.2, 0) is 25.7 Å². The number of hydrogen-bond acceptors (Lipinski definition) is 7. The van der Waals surface area contributed by atoms with Crippen LogP contribution in [0.2, 0.25) is 0 Å². The number of ether oxygens (including phenoxy) is 1. The highest BCUT2D eigenvalue weighted by atomic mass is 19.3. The number of carbonyl (C=O) groups is 2. The van der Waals surface area contributed by atoms with Crippen molar-refractivity contribution in [3.63, 3.8) is 0 Å². The number of hydrogen-bond donors (Lipinski definition) is 1. The van der Waals surface area contributed by atoms with Gasteiger partial charge in [0.25, 0.3) is 5.92 Å². The number of alkyl halides is 2. The van der Waals surface area contributed by atoms with E-state index in [-0.39, 0.29) is 49.6 Å². The van der Waals surface area contributed by atoms with E-state index in [0.717, 1.165) is 0 Å². The molecule has 3 unspecified atom stereocenters. The van der Waals surface area contributed by atoms with Crippen molar-refractivity contribution in [1.82, 2.24) is 25.3 Å². The average molecular weight is 509 g/mol. The molecule has 3 aliphatic heterocycles. The summed E-state index contributed by atoms with van der Waals surface area (Å²) in [6, 6.07) is 1.48. The summed E-state index contributed by atoms with van der Waals surface area (Å²) in [6.45, 7) is 12.4. The Morgan fingerprint density at radius 1 is 1.28 bits per heavy atom. The fourth-order valence-electron chi connectivity index (χ4n) is 5.33. The van der Waals surface area contributed by atoms with Crippen molar-refractivity contribution < 1.29 is 23.1 Å². The van der Waals surface area contributed by atoms with E-state index in [1.165, 1.54) is 6.07 Å². The fraction of sp³-hybridized carbons (Fsp3) is 0.760. The van der Waals surface area contributed by atoms with E-state index < -0.39 is 17.0 Å². The van der Waals surface area contributed by atoms with E-state index in [1.807, 2.05) is 20.8 Å². The molecule has 36 heavy (non-hydrogen) atoms. The molecule has 9 nitrogen and oxygen atoms in total. The number of aromatic nitrogens is 2. The SMILES string of the molecule is CCCC(F)(F)c1cc2c(nn1)C(C)(C)CN2C(=O)CN1CC(C)NCC1CN1CC(C)OCC1=O. The van der Waals surface area contributed by atoms with Crippen LogP contribution >= 0.6 is 0 Å². The highest BCUT2D eigenvalue weighted by Gasteiger charge is 2.43. The minimum atomic E-state index is -3.10. The molecule has 2 saturated heterocycles.